The van der Waals surface area contributed by atoms with Crippen molar-refractivity contribution in [3.8, 4) is 0 Å². The zero-order chi connectivity index (χ0) is 20.9. The Balaban J connectivity index is 1.61. The highest BCUT2D eigenvalue weighted by Gasteiger charge is 2.28. The Kier molecular flexibility index (Phi) is 7.34. The molecule has 0 saturated carbocycles. The normalized spacial score (nSPS) is 15.9. The van der Waals surface area contributed by atoms with Gasteiger partial charge in [-0.2, -0.15) is 4.31 Å². The van der Waals surface area contributed by atoms with Crippen molar-refractivity contribution < 1.29 is 13.2 Å². The molecule has 0 aliphatic carbocycles. The number of amides is 1. The van der Waals surface area contributed by atoms with Gasteiger partial charge in [-0.15, -0.1) is 11.8 Å². The largest absolute Gasteiger partial charge is 0.325 e. The molecular weight excluding hydrogens is 406 g/mol. The minimum absolute atomic E-state index is 0.165. The smallest absolute Gasteiger partial charge is 0.243 e. The maximum Gasteiger partial charge on any atom is 0.243 e. The van der Waals surface area contributed by atoms with Crippen LogP contribution in [0.4, 0.5) is 5.69 Å². The summed E-state index contributed by atoms with van der Waals surface area (Å²) < 4.78 is 27.4. The van der Waals surface area contributed by atoms with E-state index < -0.39 is 10.0 Å². The number of carbonyl (C=O) groups excluding carboxylic acids is 1. The number of aryl methyl sites for hydroxylation is 1. The molecule has 8 heteroatoms. The second-order valence-electron chi connectivity index (χ2n) is 7.02. The van der Waals surface area contributed by atoms with Gasteiger partial charge in [0.15, 0.2) is 0 Å². The van der Waals surface area contributed by atoms with E-state index in [-0.39, 0.29) is 16.6 Å². The molecule has 156 valence electrons. The molecule has 29 heavy (non-hydrogen) atoms. The van der Waals surface area contributed by atoms with Gasteiger partial charge < -0.3 is 10.2 Å². The molecule has 0 spiro atoms. The molecule has 0 atom stereocenters. The van der Waals surface area contributed by atoms with Crippen LogP contribution in [0.3, 0.4) is 0 Å². The average Bonchev–Trinajstić information content (AvgIpc) is 2.73. The summed E-state index contributed by atoms with van der Waals surface area (Å²) in [6.07, 6.45) is 0. The van der Waals surface area contributed by atoms with Crippen LogP contribution in [0.1, 0.15) is 12.5 Å². The molecule has 1 fully saturated rings. The van der Waals surface area contributed by atoms with Crippen LogP contribution in [0.2, 0.25) is 0 Å². The van der Waals surface area contributed by atoms with E-state index in [1.807, 2.05) is 31.2 Å². The van der Waals surface area contributed by atoms with Crippen LogP contribution in [0.25, 0.3) is 0 Å². The SMILES string of the molecule is CCN1CCN(S(=O)(=O)c2cccc(NC(=O)CSc3ccc(C)cc3)c2)CC1. The van der Waals surface area contributed by atoms with Gasteiger partial charge in [-0.25, -0.2) is 8.42 Å². The van der Waals surface area contributed by atoms with Crippen LogP contribution < -0.4 is 5.32 Å². The quantitative estimate of drug-likeness (QED) is 0.680. The van der Waals surface area contributed by atoms with Gasteiger partial charge in [-0.05, 0) is 43.8 Å². The van der Waals surface area contributed by atoms with Crippen molar-refractivity contribution in [3.63, 3.8) is 0 Å². The monoisotopic (exact) mass is 433 g/mol. The predicted octanol–water partition coefficient (Wildman–Crippen LogP) is 3.05. The highest BCUT2D eigenvalue weighted by molar-refractivity contribution is 8.00. The van der Waals surface area contributed by atoms with Gasteiger partial charge in [0.2, 0.25) is 15.9 Å². The van der Waals surface area contributed by atoms with Crippen molar-refractivity contribution in [2.45, 2.75) is 23.6 Å². The lowest BCUT2D eigenvalue weighted by molar-refractivity contribution is -0.113. The van der Waals surface area contributed by atoms with E-state index in [0.717, 1.165) is 24.5 Å². The lowest BCUT2D eigenvalue weighted by Gasteiger charge is -2.33. The topological polar surface area (TPSA) is 69.7 Å². The Morgan fingerprint density at radius 2 is 1.76 bits per heavy atom. The summed E-state index contributed by atoms with van der Waals surface area (Å²) in [5, 5.41) is 2.80. The minimum atomic E-state index is -3.56. The van der Waals surface area contributed by atoms with Crippen LogP contribution in [0, 0.1) is 6.92 Å². The third kappa shape index (κ3) is 5.82. The molecule has 0 unspecified atom stereocenters. The molecule has 1 amide bonds. The second-order valence-corrected chi connectivity index (χ2v) is 10.0. The number of nitrogens with one attached hydrogen (secondary N) is 1. The summed E-state index contributed by atoms with van der Waals surface area (Å²) in [5.41, 5.74) is 1.67. The minimum Gasteiger partial charge on any atom is -0.325 e. The van der Waals surface area contributed by atoms with Crippen molar-refractivity contribution in [2.75, 3.05) is 43.8 Å². The Labute approximate surface area is 177 Å². The first-order valence-electron chi connectivity index (χ1n) is 9.70. The fourth-order valence-electron chi connectivity index (χ4n) is 3.15. The van der Waals surface area contributed by atoms with Gasteiger partial charge in [-0.1, -0.05) is 30.7 Å². The summed E-state index contributed by atoms with van der Waals surface area (Å²) in [7, 11) is -3.56. The molecule has 1 saturated heterocycles. The Hall–Kier alpha value is -1.87. The highest BCUT2D eigenvalue weighted by Crippen LogP contribution is 2.22. The number of nitrogens with zero attached hydrogens (tertiary/aromatic N) is 2. The molecule has 0 bridgehead atoms. The molecule has 1 aliphatic heterocycles. The van der Waals surface area contributed by atoms with E-state index in [0.29, 0.717) is 18.8 Å². The zero-order valence-corrected chi connectivity index (χ0v) is 18.4. The number of hydrogen-bond donors (Lipinski definition) is 1. The third-order valence-electron chi connectivity index (χ3n) is 4.92. The summed E-state index contributed by atoms with van der Waals surface area (Å²) in [5.74, 6) is 0.0978. The molecule has 1 heterocycles. The van der Waals surface area contributed by atoms with E-state index in [1.54, 1.807) is 18.2 Å². The molecule has 6 nitrogen and oxygen atoms in total. The van der Waals surface area contributed by atoms with E-state index >= 15 is 0 Å². The fraction of sp³-hybridized carbons (Fsp3) is 0.381. The average molecular weight is 434 g/mol. The van der Waals surface area contributed by atoms with Crippen LogP contribution in [0.5, 0.6) is 0 Å². The number of thioether (sulfide) groups is 1. The molecule has 3 rings (SSSR count). The van der Waals surface area contributed by atoms with E-state index in [9.17, 15) is 13.2 Å². The molecule has 0 radical (unpaired) electrons. The maximum atomic E-state index is 12.9. The molecule has 0 aromatic heterocycles. The summed E-state index contributed by atoms with van der Waals surface area (Å²) in [6.45, 7) is 7.47. The van der Waals surface area contributed by atoms with Crippen molar-refractivity contribution >= 4 is 33.4 Å². The molecule has 1 aliphatic rings. The summed E-state index contributed by atoms with van der Waals surface area (Å²) in [4.78, 5) is 15.8. The Bertz CT molecular complexity index is 938. The number of piperazine rings is 1. The van der Waals surface area contributed by atoms with Gasteiger partial charge in [0.25, 0.3) is 0 Å². The fourth-order valence-corrected chi connectivity index (χ4v) is 5.32. The maximum absolute atomic E-state index is 12.9. The van der Waals surface area contributed by atoms with E-state index in [1.165, 1.54) is 27.7 Å². The number of anilines is 1. The third-order valence-corrected chi connectivity index (χ3v) is 7.83. The lowest BCUT2D eigenvalue weighted by Crippen LogP contribution is -2.48. The van der Waals surface area contributed by atoms with Crippen molar-refractivity contribution in [1.82, 2.24) is 9.21 Å². The van der Waals surface area contributed by atoms with Crippen molar-refractivity contribution in [1.29, 1.82) is 0 Å². The molecule has 2 aromatic rings. The first-order valence-corrected chi connectivity index (χ1v) is 12.1. The van der Waals surface area contributed by atoms with Crippen LogP contribution in [-0.4, -0.2) is 62.0 Å². The molecule has 1 N–H and O–H groups in total. The second kappa shape index (κ2) is 9.75. The van der Waals surface area contributed by atoms with Gasteiger partial charge in [0.05, 0.1) is 10.6 Å². The number of hydrogen-bond acceptors (Lipinski definition) is 5. The first kappa shape index (κ1) is 21.8. The Morgan fingerprint density at radius 1 is 1.07 bits per heavy atom. The van der Waals surface area contributed by atoms with E-state index in [2.05, 4.69) is 17.1 Å². The zero-order valence-electron chi connectivity index (χ0n) is 16.8. The highest BCUT2D eigenvalue weighted by atomic mass is 32.2. The number of benzene rings is 2. The van der Waals surface area contributed by atoms with Crippen molar-refractivity contribution in [2.24, 2.45) is 0 Å². The van der Waals surface area contributed by atoms with Crippen molar-refractivity contribution in [3.05, 3.63) is 54.1 Å². The van der Waals surface area contributed by atoms with Gasteiger partial charge in [0, 0.05) is 36.8 Å². The molecular formula is C21H27N3O3S2. The van der Waals surface area contributed by atoms with Gasteiger partial charge >= 0.3 is 0 Å². The predicted molar refractivity (Wildman–Crippen MR) is 118 cm³/mol. The molecule has 2 aromatic carbocycles. The summed E-state index contributed by atoms with van der Waals surface area (Å²) in [6, 6.07) is 14.5. The number of carbonyl (C=O) groups is 1. The van der Waals surface area contributed by atoms with Gasteiger partial charge in [-0.3, -0.25) is 4.79 Å². The van der Waals surface area contributed by atoms with E-state index in [4.69, 9.17) is 0 Å². The number of likely N-dealkylation sites (N-methyl/N-ethyl adjacent to an activating group) is 1. The first-order chi connectivity index (χ1) is 13.9. The van der Waals surface area contributed by atoms with Crippen LogP contribution >= 0.6 is 11.8 Å². The van der Waals surface area contributed by atoms with Gasteiger partial charge in [0.1, 0.15) is 0 Å². The number of sulfonamides is 1. The Morgan fingerprint density at radius 3 is 2.41 bits per heavy atom. The standard InChI is InChI=1S/C21H27N3O3S2/c1-3-23-11-13-24(14-12-23)29(26,27)20-6-4-5-18(15-20)22-21(25)16-28-19-9-7-17(2)8-10-19/h4-10,15H,3,11-14,16H2,1-2H3,(H,22,25). The lowest BCUT2D eigenvalue weighted by atomic mass is 10.2. The summed E-state index contributed by atoms with van der Waals surface area (Å²) >= 11 is 1.45. The van der Waals surface area contributed by atoms with Crippen LogP contribution in [0.15, 0.2) is 58.3 Å². The number of rotatable bonds is 7. The van der Waals surface area contributed by atoms with Crippen LogP contribution in [-0.2, 0) is 14.8 Å².